The van der Waals surface area contributed by atoms with Crippen LogP contribution in [0, 0.1) is 26.5 Å². The number of benzene rings is 1. The summed E-state index contributed by atoms with van der Waals surface area (Å²) >= 11 is 0. The van der Waals surface area contributed by atoms with Crippen LogP contribution in [0.1, 0.15) is 33.0 Å². The molecule has 4 rings (SSSR count). The van der Waals surface area contributed by atoms with Crippen molar-refractivity contribution in [1.82, 2.24) is 19.4 Å². The summed E-state index contributed by atoms with van der Waals surface area (Å²) in [5.74, 6) is -1.26. The smallest absolute Gasteiger partial charge is 0.258 e. The van der Waals surface area contributed by atoms with Crippen LogP contribution < -0.4 is 11.1 Å². The van der Waals surface area contributed by atoms with Crippen LogP contribution in [-0.4, -0.2) is 30.4 Å². The van der Waals surface area contributed by atoms with E-state index in [0.29, 0.717) is 28.2 Å². The second-order valence-electron chi connectivity index (χ2n) is 7.03. The zero-order valence-electron chi connectivity index (χ0n) is 19.7. The van der Waals surface area contributed by atoms with Gasteiger partial charge in [-0.1, -0.05) is 12.1 Å². The lowest BCUT2D eigenvalue weighted by molar-refractivity contribution is -0.124. The SMILES string of the molecule is [2H]C([2H])([2H])c1nc(-c2ccc(NC(=O)[C@H](O)c3cccc(F)c3)nc2C)c2c(N)ncc(C)n12. The molecule has 3 aromatic heterocycles. The van der Waals surface area contributed by atoms with Gasteiger partial charge in [0.1, 0.15) is 34.5 Å². The van der Waals surface area contributed by atoms with E-state index in [1.54, 1.807) is 19.9 Å². The second kappa shape index (κ2) is 7.77. The number of fused-ring (bicyclic) bond motifs is 1. The summed E-state index contributed by atoms with van der Waals surface area (Å²) < 4.78 is 38.5. The Morgan fingerprint density at radius 1 is 1.29 bits per heavy atom. The van der Waals surface area contributed by atoms with Gasteiger partial charge in [0.25, 0.3) is 5.91 Å². The molecule has 0 aliphatic heterocycles. The van der Waals surface area contributed by atoms with Crippen molar-refractivity contribution in [2.24, 2.45) is 0 Å². The van der Waals surface area contributed by atoms with E-state index in [0.717, 1.165) is 6.07 Å². The maximum absolute atomic E-state index is 13.4. The molecule has 1 atom stereocenters. The summed E-state index contributed by atoms with van der Waals surface area (Å²) in [6.45, 7) is 0.864. The van der Waals surface area contributed by atoms with E-state index in [4.69, 9.17) is 9.85 Å². The third kappa shape index (κ3) is 3.71. The summed E-state index contributed by atoms with van der Waals surface area (Å²) in [5.41, 5.74) is 8.29. The van der Waals surface area contributed by atoms with E-state index in [9.17, 15) is 14.3 Å². The lowest BCUT2D eigenvalue weighted by Crippen LogP contribution is -2.21. The molecule has 0 fully saturated rings. The van der Waals surface area contributed by atoms with E-state index >= 15 is 0 Å². The van der Waals surface area contributed by atoms with Crippen molar-refractivity contribution in [2.45, 2.75) is 26.8 Å². The zero-order chi connectivity index (χ0) is 24.8. The molecule has 0 unspecified atom stereocenters. The fraction of sp³-hybridized carbons (Fsp3) is 0.182. The summed E-state index contributed by atoms with van der Waals surface area (Å²) in [5, 5.41) is 12.7. The molecule has 0 radical (unpaired) electrons. The average molecular weight is 423 g/mol. The molecular weight excluding hydrogens is 399 g/mol. The number of anilines is 2. The van der Waals surface area contributed by atoms with E-state index in [-0.39, 0.29) is 23.0 Å². The number of nitrogen functional groups attached to an aromatic ring is 1. The third-order valence-electron chi connectivity index (χ3n) is 4.87. The van der Waals surface area contributed by atoms with Gasteiger partial charge in [0, 0.05) is 27.3 Å². The highest BCUT2D eigenvalue weighted by atomic mass is 19.1. The van der Waals surface area contributed by atoms with Crippen LogP contribution in [-0.2, 0) is 4.79 Å². The predicted octanol–water partition coefficient (Wildman–Crippen LogP) is 3.11. The Balaban J connectivity index is 1.71. The number of hydrogen-bond donors (Lipinski definition) is 3. The van der Waals surface area contributed by atoms with Crippen molar-refractivity contribution in [2.75, 3.05) is 11.1 Å². The quantitative estimate of drug-likeness (QED) is 0.464. The van der Waals surface area contributed by atoms with Crippen molar-refractivity contribution in [3.05, 3.63) is 71.2 Å². The minimum atomic E-state index is -2.50. The highest BCUT2D eigenvalue weighted by Crippen LogP contribution is 2.31. The number of carbonyl (C=O) groups excluding carboxylic acids is 1. The summed E-state index contributed by atoms with van der Waals surface area (Å²) in [6, 6.07) is 8.20. The number of hydrogen-bond acceptors (Lipinski definition) is 6. The molecule has 0 spiro atoms. The number of aliphatic hydroxyl groups is 1. The van der Waals surface area contributed by atoms with Gasteiger partial charge in [-0.05, 0) is 50.5 Å². The van der Waals surface area contributed by atoms with Gasteiger partial charge in [0.05, 0.1) is 0 Å². The summed E-state index contributed by atoms with van der Waals surface area (Å²) in [7, 11) is 0. The first-order valence-corrected chi connectivity index (χ1v) is 9.34. The molecule has 4 aromatic rings. The molecule has 8 nitrogen and oxygen atoms in total. The number of imidazole rings is 1. The van der Waals surface area contributed by atoms with Crippen molar-refractivity contribution >= 4 is 23.1 Å². The summed E-state index contributed by atoms with van der Waals surface area (Å²) in [6.07, 6.45) is -0.123. The number of nitrogens with zero attached hydrogens (tertiary/aromatic N) is 4. The Bertz CT molecular complexity index is 1420. The predicted molar refractivity (Wildman–Crippen MR) is 115 cm³/mol. The lowest BCUT2D eigenvalue weighted by atomic mass is 10.1. The number of carbonyl (C=O) groups is 1. The Morgan fingerprint density at radius 2 is 2.10 bits per heavy atom. The minimum absolute atomic E-state index is 0.103. The minimum Gasteiger partial charge on any atom is -0.382 e. The molecule has 0 bridgehead atoms. The van der Waals surface area contributed by atoms with E-state index in [2.05, 4.69) is 20.3 Å². The van der Waals surface area contributed by atoms with Crippen LogP contribution in [0.2, 0.25) is 0 Å². The van der Waals surface area contributed by atoms with Gasteiger partial charge in [-0.15, -0.1) is 0 Å². The fourth-order valence-electron chi connectivity index (χ4n) is 3.37. The number of rotatable bonds is 4. The molecule has 9 heteroatoms. The van der Waals surface area contributed by atoms with Crippen LogP contribution in [0.25, 0.3) is 16.8 Å². The van der Waals surface area contributed by atoms with E-state index in [1.807, 2.05) is 0 Å². The van der Waals surface area contributed by atoms with Crippen molar-refractivity contribution in [3.63, 3.8) is 0 Å². The van der Waals surface area contributed by atoms with Crippen LogP contribution >= 0.6 is 0 Å². The number of aliphatic hydroxyl groups excluding tert-OH is 1. The monoisotopic (exact) mass is 423 g/mol. The number of pyridine rings is 1. The van der Waals surface area contributed by atoms with Gasteiger partial charge in [-0.2, -0.15) is 0 Å². The summed E-state index contributed by atoms with van der Waals surface area (Å²) in [4.78, 5) is 25.3. The molecule has 1 aromatic carbocycles. The first-order chi connectivity index (χ1) is 16.0. The molecule has 158 valence electrons. The highest BCUT2D eigenvalue weighted by molar-refractivity contribution is 5.94. The zero-order valence-corrected chi connectivity index (χ0v) is 16.7. The average Bonchev–Trinajstić information content (AvgIpc) is 3.18. The van der Waals surface area contributed by atoms with Crippen LogP contribution in [0.15, 0.2) is 42.6 Å². The van der Waals surface area contributed by atoms with Gasteiger partial charge in [-0.25, -0.2) is 19.3 Å². The van der Waals surface area contributed by atoms with Gasteiger partial charge < -0.3 is 16.2 Å². The Labute approximate surface area is 181 Å². The van der Waals surface area contributed by atoms with Gasteiger partial charge in [0.15, 0.2) is 6.10 Å². The van der Waals surface area contributed by atoms with E-state index in [1.165, 1.54) is 34.9 Å². The normalized spacial score (nSPS) is 14.0. The first kappa shape index (κ1) is 16.9. The second-order valence-corrected chi connectivity index (χ2v) is 7.03. The van der Waals surface area contributed by atoms with Crippen LogP contribution in [0.5, 0.6) is 0 Å². The Kier molecular flexibility index (Phi) is 4.23. The van der Waals surface area contributed by atoms with Crippen LogP contribution in [0.4, 0.5) is 16.0 Å². The van der Waals surface area contributed by atoms with Gasteiger partial charge >= 0.3 is 0 Å². The first-order valence-electron chi connectivity index (χ1n) is 10.8. The highest BCUT2D eigenvalue weighted by Gasteiger charge is 2.20. The maximum Gasteiger partial charge on any atom is 0.258 e. The molecule has 0 aliphatic rings. The molecule has 0 saturated heterocycles. The van der Waals surface area contributed by atoms with Crippen molar-refractivity contribution in [3.8, 4) is 11.3 Å². The van der Waals surface area contributed by atoms with Crippen LogP contribution in [0.3, 0.4) is 0 Å². The fourth-order valence-corrected chi connectivity index (χ4v) is 3.37. The maximum atomic E-state index is 13.4. The topological polar surface area (TPSA) is 118 Å². The molecule has 31 heavy (non-hydrogen) atoms. The lowest BCUT2D eigenvalue weighted by Gasteiger charge is -2.13. The standard InChI is InChI=1S/C22H21FN6O2/c1-11-10-25-21(24)19-18(27-13(3)29(11)19)16-7-8-17(26-12(16)2)28-22(31)20(30)14-5-4-6-15(23)9-14/h4-10,20,30H,1-3H3,(H2,24,25)(H,26,28,31)/t20-/m1/s1/i3D3. The number of nitrogens with two attached hydrogens (primary N) is 1. The molecule has 3 heterocycles. The molecule has 0 saturated carbocycles. The molecule has 0 aliphatic carbocycles. The van der Waals surface area contributed by atoms with Gasteiger partial charge in [-0.3, -0.25) is 9.20 Å². The van der Waals surface area contributed by atoms with Crippen molar-refractivity contribution in [1.29, 1.82) is 0 Å². The Hall–Kier alpha value is -3.85. The number of nitrogens with one attached hydrogen (secondary N) is 1. The number of amides is 1. The molecule has 4 N–H and O–H groups in total. The third-order valence-corrected chi connectivity index (χ3v) is 4.87. The number of aryl methyl sites for hydroxylation is 3. The molecular formula is C22H21FN6O2. The van der Waals surface area contributed by atoms with Gasteiger partial charge in [0.2, 0.25) is 0 Å². The van der Waals surface area contributed by atoms with Crippen molar-refractivity contribution < 1.29 is 18.4 Å². The molecule has 1 amide bonds. The number of aromatic nitrogens is 4. The number of halogens is 1. The Morgan fingerprint density at radius 3 is 2.81 bits per heavy atom. The van der Waals surface area contributed by atoms with E-state index < -0.39 is 24.7 Å². The largest absolute Gasteiger partial charge is 0.382 e.